The molecule has 0 saturated carbocycles. The molecule has 39 heavy (non-hydrogen) atoms. The Hall–Kier alpha value is -2.57. The molecule has 0 saturated heterocycles. The van der Waals surface area contributed by atoms with Crippen molar-refractivity contribution in [2.75, 3.05) is 66.1 Å². The smallest absolute Gasteiger partial charge is 0.361 e. The van der Waals surface area contributed by atoms with Gasteiger partial charge in [0, 0.05) is 0 Å². The summed E-state index contributed by atoms with van der Waals surface area (Å²) < 4.78 is 109. The molecule has 218 valence electrons. The summed E-state index contributed by atoms with van der Waals surface area (Å²) >= 11 is 0. The van der Waals surface area contributed by atoms with Gasteiger partial charge in [-0.05, 0) is 37.3 Å². The Balaban J connectivity index is 1.71. The van der Waals surface area contributed by atoms with Gasteiger partial charge in [-0.1, -0.05) is 12.1 Å². The molecule has 0 aromatic heterocycles. The third-order valence-electron chi connectivity index (χ3n) is 5.08. The molecule has 1 atom stereocenters. The lowest BCUT2D eigenvalue weighted by Gasteiger charge is -2.22. The van der Waals surface area contributed by atoms with Crippen molar-refractivity contribution in [2.24, 2.45) is 0 Å². The SMILES string of the molecule is CCOP(=O)(OCC(F)(F)C(F)F)c1ccc2c(c1)OCCOCCOc1ccccc1OCCOCCO2. The Labute approximate surface area is 223 Å². The zero-order chi connectivity index (χ0) is 28.1. The third-order valence-corrected chi connectivity index (χ3v) is 7.06. The van der Waals surface area contributed by atoms with E-state index in [9.17, 15) is 22.1 Å². The molecule has 0 amide bonds. The number of hydrogen-bond donors (Lipinski definition) is 0. The van der Waals surface area contributed by atoms with Crippen LogP contribution in [0.5, 0.6) is 23.0 Å². The van der Waals surface area contributed by atoms with Crippen molar-refractivity contribution in [2.45, 2.75) is 19.3 Å². The Kier molecular flexibility index (Phi) is 12.1. The van der Waals surface area contributed by atoms with Crippen molar-refractivity contribution in [3.8, 4) is 23.0 Å². The third kappa shape index (κ3) is 9.54. The number of fused-ring (bicyclic) bond motifs is 2. The first-order valence-corrected chi connectivity index (χ1v) is 13.7. The number of rotatable bonds is 7. The van der Waals surface area contributed by atoms with Crippen molar-refractivity contribution in [1.82, 2.24) is 0 Å². The summed E-state index contributed by atoms with van der Waals surface area (Å²) in [5.74, 6) is -3.04. The van der Waals surface area contributed by atoms with E-state index >= 15 is 0 Å². The van der Waals surface area contributed by atoms with Crippen LogP contribution in [0, 0.1) is 0 Å². The van der Waals surface area contributed by atoms with Crippen LogP contribution in [0.3, 0.4) is 0 Å². The summed E-state index contributed by atoms with van der Waals surface area (Å²) in [5, 5.41) is -0.166. The van der Waals surface area contributed by atoms with Crippen molar-refractivity contribution >= 4 is 12.9 Å². The van der Waals surface area contributed by atoms with Gasteiger partial charge in [-0.3, -0.25) is 9.09 Å². The van der Waals surface area contributed by atoms with Crippen LogP contribution in [0.1, 0.15) is 6.92 Å². The van der Waals surface area contributed by atoms with E-state index in [1.165, 1.54) is 25.1 Å². The van der Waals surface area contributed by atoms with Gasteiger partial charge < -0.3 is 32.9 Å². The van der Waals surface area contributed by atoms with Gasteiger partial charge in [0.05, 0.1) is 38.3 Å². The fourth-order valence-electron chi connectivity index (χ4n) is 3.22. The molecule has 1 heterocycles. The van der Waals surface area contributed by atoms with Gasteiger partial charge in [0.1, 0.15) is 33.0 Å². The highest BCUT2D eigenvalue weighted by molar-refractivity contribution is 7.62. The van der Waals surface area contributed by atoms with E-state index in [2.05, 4.69) is 0 Å². The molecule has 2 aromatic rings. The summed E-state index contributed by atoms with van der Waals surface area (Å²) in [7, 11) is -4.41. The Morgan fingerprint density at radius 2 is 1.26 bits per heavy atom. The molecule has 1 aliphatic heterocycles. The standard InChI is InChI=1S/C25H31F4O9P/c1-2-37-39(30,38-18-25(28,29)24(26)27)19-7-8-22-23(17-19)36-16-12-32-10-14-34-21-6-4-3-5-20(21)33-13-9-31-11-15-35-22/h3-8,17,24H,2,9-16,18H2,1H3. The molecular formula is C25H31F4O9P. The summed E-state index contributed by atoms with van der Waals surface area (Å²) in [6.45, 7) is 1.04. The van der Waals surface area contributed by atoms with Gasteiger partial charge >= 0.3 is 19.9 Å². The van der Waals surface area contributed by atoms with Crippen LogP contribution in [0.2, 0.25) is 0 Å². The van der Waals surface area contributed by atoms with Crippen LogP contribution >= 0.6 is 7.60 Å². The normalized spacial score (nSPS) is 17.6. The molecule has 0 aliphatic carbocycles. The molecule has 3 rings (SSSR count). The molecule has 1 unspecified atom stereocenters. The van der Waals surface area contributed by atoms with E-state index in [0.717, 1.165) is 0 Å². The number of alkyl halides is 4. The van der Waals surface area contributed by atoms with E-state index in [4.69, 9.17) is 37.5 Å². The van der Waals surface area contributed by atoms with Gasteiger partial charge in [0.15, 0.2) is 23.0 Å². The van der Waals surface area contributed by atoms with Crippen molar-refractivity contribution in [3.05, 3.63) is 42.5 Å². The number of para-hydroxylation sites is 2. The van der Waals surface area contributed by atoms with E-state index < -0.39 is 26.6 Å². The van der Waals surface area contributed by atoms with Gasteiger partial charge in [-0.15, -0.1) is 0 Å². The van der Waals surface area contributed by atoms with Crippen LogP contribution in [0.4, 0.5) is 17.6 Å². The Bertz CT molecular complexity index is 1070. The monoisotopic (exact) mass is 582 g/mol. The topological polar surface area (TPSA) is 90.9 Å². The maximum absolute atomic E-state index is 13.5. The predicted octanol–water partition coefficient (Wildman–Crippen LogP) is 4.72. The van der Waals surface area contributed by atoms with Gasteiger partial charge in [0.2, 0.25) is 0 Å². The second-order valence-corrected chi connectivity index (χ2v) is 9.97. The number of hydrogen-bond acceptors (Lipinski definition) is 9. The van der Waals surface area contributed by atoms with Gasteiger partial charge in [-0.25, -0.2) is 8.78 Å². The van der Waals surface area contributed by atoms with Crippen molar-refractivity contribution in [3.63, 3.8) is 0 Å². The van der Waals surface area contributed by atoms with E-state index in [1.807, 2.05) is 12.1 Å². The molecule has 0 spiro atoms. The van der Waals surface area contributed by atoms with E-state index in [0.29, 0.717) is 11.5 Å². The number of benzene rings is 2. The lowest BCUT2D eigenvalue weighted by Crippen LogP contribution is -2.32. The molecule has 14 heteroatoms. The molecule has 0 N–H and O–H groups in total. The summed E-state index contributed by atoms with van der Waals surface area (Å²) in [6, 6.07) is 11.1. The van der Waals surface area contributed by atoms with Crippen LogP contribution < -0.4 is 24.3 Å². The summed E-state index contributed by atoms with van der Waals surface area (Å²) in [6.07, 6.45) is -4.00. The average molecular weight is 582 g/mol. The molecule has 2 aromatic carbocycles. The molecule has 1 aliphatic rings. The van der Waals surface area contributed by atoms with Gasteiger partial charge in [-0.2, -0.15) is 8.78 Å². The fraction of sp³-hybridized carbons (Fsp3) is 0.520. The maximum atomic E-state index is 13.5. The molecular weight excluding hydrogens is 551 g/mol. The number of ether oxygens (including phenoxy) is 6. The van der Waals surface area contributed by atoms with Crippen molar-refractivity contribution in [1.29, 1.82) is 0 Å². The Morgan fingerprint density at radius 3 is 1.74 bits per heavy atom. The second kappa shape index (κ2) is 15.3. The lowest BCUT2D eigenvalue weighted by atomic mass is 10.3. The highest BCUT2D eigenvalue weighted by atomic mass is 31.2. The number of halogens is 4. The fourth-order valence-corrected chi connectivity index (χ4v) is 4.81. The van der Waals surface area contributed by atoms with E-state index in [-0.39, 0.29) is 76.3 Å². The first-order valence-electron chi connectivity index (χ1n) is 12.2. The predicted molar refractivity (Wildman–Crippen MR) is 132 cm³/mol. The van der Waals surface area contributed by atoms with Crippen molar-refractivity contribution < 1.29 is 59.6 Å². The quantitative estimate of drug-likeness (QED) is 0.340. The second-order valence-electron chi connectivity index (χ2n) is 7.95. The van der Waals surface area contributed by atoms with Crippen LogP contribution in [0.25, 0.3) is 0 Å². The summed E-state index contributed by atoms with van der Waals surface area (Å²) in [5.41, 5.74) is 0. The maximum Gasteiger partial charge on any atom is 0.361 e. The largest absolute Gasteiger partial charge is 0.487 e. The molecule has 0 radical (unpaired) electrons. The zero-order valence-electron chi connectivity index (χ0n) is 21.3. The minimum atomic E-state index is -4.51. The molecule has 9 nitrogen and oxygen atoms in total. The average Bonchev–Trinajstić information content (AvgIpc) is 2.91. The Morgan fingerprint density at radius 1 is 0.769 bits per heavy atom. The van der Waals surface area contributed by atoms with Crippen LogP contribution in [-0.2, 0) is 23.1 Å². The molecule has 0 fully saturated rings. The van der Waals surface area contributed by atoms with Gasteiger partial charge in [0.25, 0.3) is 0 Å². The first kappa shape index (κ1) is 31.0. The van der Waals surface area contributed by atoms with E-state index in [1.54, 1.807) is 12.1 Å². The zero-order valence-corrected chi connectivity index (χ0v) is 22.2. The van der Waals surface area contributed by atoms with Crippen LogP contribution in [0.15, 0.2) is 42.5 Å². The first-order chi connectivity index (χ1) is 18.7. The lowest BCUT2D eigenvalue weighted by molar-refractivity contribution is -0.149. The highest BCUT2D eigenvalue weighted by Gasteiger charge is 2.44. The minimum Gasteiger partial charge on any atom is -0.487 e. The minimum absolute atomic E-state index is 0.0409. The highest BCUT2D eigenvalue weighted by Crippen LogP contribution is 2.49. The van der Waals surface area contributed by atoms with Crippen LogP contribution in [-0.4, -0.2) is 78.4 Å². The molecule has 0 bridgehead atoms. The summed E-state index contributed by atoms with van der Waals surface area (Å²) in [4.78, 5) is 0.